The molecule has 146 valence electrons. The molecule has 26 heavy (non-hydrogen) atoms. The number of hydrogen-bond acceptors (Lipinski definition) is 6. The first kappa shape index (κ1) is 20.9. The fourth-order valence-electron chi connectivity index (χ4n) is 3.35. The molecule has 1 aromatic carbocycles. The van der Waals surface area contributed by atoms with Crippen molar-refractivity contribution in [2.24, 2.45) is 0 Å². The second-order valence-corrected chi connectivity index (χ2v) is 7.50. The SMILES string of the molecule is COc1cccc(OC)c1OC(=O)C(CCSC)N1CCCCCCC1. The van der Waals surface area contributed by atoms with Gasteiger partial charge in [-0.15, -0.1) is 0 Å². The number of benzene rings is 1. The maximum atomic E-state index is 13.1. The van der Waals surface area contributed by atoms with E-state index in [0.717, 1.165) is 38.1 Å². The van der Waals surface area contributed by atoms with Gasteiger partial charge < -0.3 is 14.2 Å². The van der Waals surface area contributed by atoms with Crippen molar-refractivity contribution in [1.29, 1.82) is 0 Å². The summed E-state index contributed by atoms with van der Waals surface area (Å²) in [6.07, 6.45) is 8.91. The lowest BCUT2D eigenvalue weighted by atomic mass is 10.1. The minimum Gasteiger partial charge on any atom is -0.493 e. The van der Waals surface area contributed by atoms with Crippen molar-refractivity contribution in [1.82, 2.24) is 4.90 Å². The average molecular weight is 382 g/mol. The summed E-state index contributed by atoms with van der Waals surface area (Å²) in [7, 11) is 3.13. The summed E-state index contributed by atoms with van der Waals surface area (Å²) in [5, 5.41) is 0. The third kappa shape index (κ3) is 5.81. The molecule has 1 aliphatic heterocycles. The van der Waals surface area contributed by atoms with Gasteiger partial charge in [0.2, 0.25) is 5.75 Å². The van der Waals surface area contributed by atoms with Crippen LogP contribution in [0.1, 0.15) is 38.5 Å². The highest BCUT2D eigenvalue weighted by molar-refractivity contribution is 7.98. The summed E-state index contributed by atoms with van der Waals surface area (Å²) in [6.45, 7) is 1.91. The maximum Gasteiger partial charge on any atom is 0.329 e. The monoisotopic (exact) mass is 381 g/mol. The smallest absolute Gasteiger partial charge is 0.329 e. The van der Waals surface area contributed by atoms with Crippen LogP contribution in [-0.2, 0) is 4.79 Å². The Morgan fingerprint density at radius 1 is 1.08 bits per heavy atom. The van der Waals surface area contributed by atoms with Crippen LogP contribution in [0.2, 0.25) is 0 Å². The Labute approximate surface area is 161 Å². The first-order chi connectivity index (χ1) is 12.7. The van der Waals surface area contributed by atoms with Gasteiger partial charge in [0.25, 0.3) is 0 Å². The molecule has 1 saturated heterocycles. The Balaban J connectivity index is 2.18. The lowest BCUT2D eigenvalue weighted by molar-refractivity contribution is -0.141. The van der Waals surface area contributed by atoms with Gasteiger partial charge in [0.05, 0.1) is 14.2 Å². The molecular weight excluding hydrogens is 350 g/mol. The van der Waals surface area contributed by atoms with Crippen LogP contribution in [0, 0.1) is 0 Å². The van der Waals surface area contributed by atoms with E-state index in [4.69, 9.17) is 14.2 Å². The quantitative estimate of drug-likeness (QED) is 0.501. The number of likely N-dealkylation sites (tertiary alicyclic amines) is 1. The minimum atomic E-state index is -0.227. The van der Waals surface area contributed by atoms with Crippen molar-refractivity contribution in [2.45, 2.75) is 44.6 Å². The highest BCUT2D eigenvalue weighted by Crippen LogP contribution is 2.37. The molecule has 1 atom stereocenters. The van der Waals surface area contributed by atoms with Crippen LogP contribution in [0.5, 0.6) is 17.2 Å². The Hall–Kier alpha value is -1.40. The molecule has 0 N–H and O–H groups in total. The summed E-state index contributed by atoms with van der Waals surface area (Å²) in [5.74, 6) is 2.09. The second kappa shape index (κ2) is 11.3. The molecular formula is C20H31NO4S. The average Bonchev–Trinajstić information content (AvgIpc) is 2.63. The molecule has 1 aliphatic rings. The van der Waals surface area contributed by atoms with Crippen LogP contribution in [0.4, 0.5) is 0 Å². The number of methoxy groups -OCH3 is 2. The summed E-state index contributed by atoms with van der Waals surface area (Å²) < 4.78 is 16.5. The predicted octanol–water partition coefficient (Wildman–Crippen LogP) is 4.00. The zero-order valence-electron chi connectivity index (χ0n) is 16.2. The zero-order valence-corrected chi connectivity index (χ0v) is 17.0. The number of carbonyl (C=O) groups excluding carboxylic acids is 1. The molecule has 0 spiro atoms. The van der Waals surface area contributed by atoms with Crippen molar-refractivity contribution in [3.05, 3.63) is 18.2 Å². The third-order valence-corrected chi connectivity index (χ3v) is 5.43. The van der Waals surface area contributed by atoms with E-state index in [1.165, 1.54) is 19.3 Å². The van der Waals surface area contributed by atoms with E-state index in [9.17, 15) is 4.79 Å². The topological polar surface area (TPSA) is 48.0 Å². The van der Waals surface area contributed by atoms with E-state index in [0.29, 0.717) is 17.2 Å². The van der Waals surface area contributed by atoms with Crippen molar-refractivity contribution < 1.29 is 19.0 Å². The third-order valence-electron chi connectivity index (χ3n) is 4.78. The zero-order chi connectivity index (χ0) is 18.8. The van der Waals surface area contributed by atoms with E-state index in [1.807, 2.05) is 6.07 Å². The van der Waals surface area contributed by atoms with Gasteiger partial charge in [-0.1, -0.05) is 25.3 Å². The Bertz CT molecular complexity index is 536. The van der Waals surface area contributed by atoms with Gasteiger partial charge in [0, 0.05) is 0 Å². The number of para-hydroxylation sites is 1. The van der Waals surface area contributed by atoms with Crippen molar-refractivity contribution in [3.8, 4) is 17.2 Å². The molecule has 1 fully saturated rings. The fourth-order valence-corrected chi connectivity index (χ4v) is 3.81. The first-order valence-electron chi connectivity index (χ1n) is 9.37. The van der Waals surface area contributed by atoms with Crippen LogP contribution in [0.15, 0.2) is 18.2 Å². The largest absolute Gasteiger partial charge is 0.493 e. The molecule has 6 heteroatoms. The highest BCUT2D eigenvalue weighted by atomic mass is 32.2. The Kier molecular flexibility index (Phi) is 9.12. The van der Waals surface area contributed by atoms with Crippen molar-refractivity contribution >= 4 is 17.7 Å². The standard InChI is InChI=1S/C20H31NO4S/c1-23-17-10-9-11-18(24-2)19(17)25-20(22)16(12-15-26-3)21-13-7-5-4-6-8-14-21/h9-11,16H,4-8,12-15H2,1-3H3. The Morgan fingerprint density at radius 2 is 1.65 bits per heavy atom. The molecule has 2 rings (SSSR count). The number of esters is 1. The van der Waals surface area contributed by atoms with Gasteiger partial charge in [-0.05, 0) is 56.5 Å². The fraction of sp³-hybridized carbons (Fsp3) is 0.650. The molecule has 0 amide bonds. The Morgan fingerprint density at radius 3 is 2.19 bits per heavy atom. The van der Waals surface area contributed by atoms with Gasteiger partial charge in [-0.2, -0.15) is 11.8 Å². The van der Waals surface area contributed by atoms with Gasteiger partial charge in [-0.25, -0.2) is 4.79 Å². The molecule has 0 saturated carbocycles. The summed E-state index contributed by atoms with van der Waals surface area (Å²) >= 11 is 1.76. The molecule has 1 unspecified atom stereocenters. The molecule has 0 aromatic heterocycles. The van der Waals surface area contributed by atoms with Gasteiger partial charge >= 0.3 is 5.97 Å². The normalized spacial score (nSPS) is 17.0. The summed E-state index contributed by atoms with van der Waals surface area (Å²) in [5.41, 5.74) is 0. The predicted molar refractivity (Wildman–Crippen MR) is 107 cm³/mol. The molecule has 0 bridgehead atoms. The summed E-state index contributed by atoms with van der Waals surface area (Å²) in [4.78, 5) is 15.4. The molecule has 1 aromatic rings. The number of thioether (sulfide) groups is 1. The molecule has 0 radical (unpaired) electrons. The van der Waals surface area contributed by atoms with Crippen LogP contribution < -0.4 is 14.2 Å². The van der Waals surface area contributed by atoms with Crippen LogP contribution >= 0.6 is 11.8 Å². The number of nitrogens with zero attached hydrogens (tertiary/aromatic N) is 1. The number of rotatable bonds is 8. The van der Waals surface area contributed by atoms with E-state index in [1.54, 1.807) is 38.1 Å². The molecule has 1 heterocycles. The molecule has 0 aliphatic carbocycles. The van der Waals surface area contributed by atoms with E-state index in [2.05, 4.69) is 11.2 Å². The number of carbonyl (C=O) groups is 1. The van der Waals surface area contributed by atoms with Crippen molar-refractivity contribution in [3.63, 3.8) is 0 Å². The lowest BCUT2D eigenvalue weighted by Crippen LogP contribution is -2.45. The van der Waals surface area contributed by atoms with Crippen LogP contribution in [0.25, 0.3) is 0 Å². The van der Waals surface area contributed by atoms with Crippen LogP contribution in [0.3, 0.4) is 0 Å². The lowest BCUT2D eigenvalue weighted by Gasteiger charge is -2.31. The van der Waals surface area contributed by atoms with Gasteiger partial charge in [0.15, 0.2) is 11.5 Å². The second-order valence-electron chi connectivity index (χ2n) is 6.51. The van der Waals surface area contributed by atoms with Gasteiger partial charge in [0.1, 0.15) is 6.04 Å². The van der Waals surface area contributed by atoms with E-state index in [-0.39, 0.29) is 12.0 Å². The minimum absolute atomic E-state index is 0.220. The molecule has 5 nitrogen and oxygen atoms in total. The van der Waals surface area contributed by atoms with Crippen LogP contribution in [-0.4, -0.2) is 56.2 Å². The number of hydrogen-bond donors (Lipinski definition) is 0. The first-order valence-corrected chi connectivity index (χ1v) is 10.8. The van der Waals surface area contributed by atoms with Gasteiger partial charge in [-0.3, -0.25) is 4.90 Å². The highest BCUT2D eigenvalue weighted by Gasteiger charge is 2.29. The number of ether oxygens (including phenoxy) is 3. The summed E-state index contributed by atoms with van der Waals surface area (Å²) in [6, 6.07) is 5.14. The van der Waals surface area contributed by atoms with E-state index < -0.39 is 0 Å². The van der Waals surface area contributed by atoms with E-state index >= 15 is 0 Å². The van der Waals surface area contributed by atoms with Crippen molar-refractivity contribution in [2.75, 3.05) is 39.3 Å². The maximum absolute atomic E-state index is 13.1.